The van der Waals surface area contributed by atoms with Crippen molar-refractivity contribution >= 4 is 22.6 Å². The molecule has 22 heavy (non-hydrogen) atoms. The van der Waals surface area contributed by atoms with Gasteiger partial charge in [-0.3, -0.25) is 0 Å². The maximum Gasteiger partial charge on any atom is 0.148 e. The highest BCUT2D eigenvalue weighted by Gasteiger charge is 2.11. The van der Waals surface area contributed by atoms with Gasteiger partial charge < -0.3 is 14.0 Å². The van der Waals surface area contributed by atoms with Crippen molar-refractivity contribution in [1.29, 1.82) is 0 Å². The fourth-order valence-electron chi connectivity index (χ4n) is 2.36. The van der Waals surface area contributed by atoms with Crippen LogP contribution in [0.25, 0.3) is 11.0 Å². The lowest BCUT2D eigenvalue weighted by atomic mass is 10.3. The third-order valence-corrected chi connectivity index (χ3v) is 3.65. The third-order valence-electron chi connectivity index (χ3n) is 3.42. The van der Waals surface area contributed by atoms with Crippen LogP contribution in [0, 0.1) is 0 Å². The first-order chi connectivity index (χ1) is 10.8. The van der Waals surface area contributed by atoms with Gasteiger partial charge in [-0.1, -0.05) is 29.8 Å². The molecule has 0 atom stereocenters. The average molecular weight is 317 g/mol. The van der Waals surface area contributed by atoms with Crippen LogP contribution >= 0.6 is 11.6 Å². The molecule has 0 aliphatic carbocycles. The lowest BCUT2D eigenvalue weighted by molar-refractivity contribution is 0.185. The molecule has 0 saturated heterocycles. The number of benzene rings is 2. The van der Waals surface area contributed by atoms with E-state index in [-0.39, 0.29) is 0 Å². The number of hydrogen-bond acceptors (Lipinski definition) is 3. The summed E-state index contributed by atoms with van der Waals surface area (Å²) in [6, 6.07) is 15.4. The lowest BCUT2D eigenvalue weighted by Gasteiger charge is -2.10. The first-order valence-electron chi connectivity index (χ1n) is 7.09. The minimum Gasteiger partial charge on any atom is -0.486 e. The summed E-state index contributed by atoms with van der Waals surface area (Å²) in [7, 11) is 1.69. The summed E-state index contributed by atoms with van der Waals surface area (Å²) in [6.07, 6.45) is 0. The topological polar surface area (TPSA) is 36.3 Å². The van der Waals surface area contributed by atoms with E-state index in [4.69, 9.17) is 21.1 Å². The quantitative estimate of drug-likeness (QED) is 0.691. The van der Waals surface area contributed by atoms with Gasteiger partial charge in [-0.15, -0.1) is 0 Å². The molecule has 0 N–H and O–H groups in total. The number of rotatable bonds is 6. The zero-order valence-corrected chi connectivity index (χ0v) is 13.1. The van der Waals surface area contributed by atoms with Crippen molar-refractivity contribution in [3.8, 4) is 5.75 Å². The highest BCUT2D eigenvalue weighted by molar-refractivity contribution is 6.31. The van der Waals surface area contributed by atoms with Crippen molar-refractivity contribution in [2.75, 3.05) is 13.7 Å². The van der Waals surface area contributed by atoms with Crippen molar-refractivity contribution in [3.63, 3.8) is 0 Å². The van der Waals surface area contributed by atoms with E-state index in [1.807, 2.05) is 48.5 Å². The highest BCUT2D eigenvalue weighted by atomic mass is 35.5. The number of imidazole rings is 1. The number of ether oxygens (including phenoxy) is 2. The van der Waals surface area contributed by atoms with Gasteiger partial charge in [-0.05, 0) is 30.3 Å². The number of methoxy groups -OCH3 is 1. The molecule has 0 unspecified atom stereocenters. The smallest absolute Gasteiger partial charge is 0.148 e. The van der Waals surface area contributed by atoms with E-state index >= 15 is 0 Å². The molecule has 114 valence electrons. The molecule has 0 fully saturated rings. The molecule has 0 bridgehead atoms. The zero-order chi connectivity index (χ0) is 15.4. The molecule has 0 aliphatic heterocycles. The summed E-state index contributed by atoms with van der Waals surface area (Å²) in [5.74, 6) is 1.68. The number of halogens is 1. The molecule has 3 rings (SSSR count). The molecular weight excluding hydrogens is 300 g/mol. The SMILES string of the molecule is COCCn1c(COc2ccccc2)nc2cc(Cl)ccc21. The Hall–Kier alpha value is -2.04. The van der Waals surface area contributed by atoms with E-state index < -0.39 is 0 Å². The van der Waals surface area contributed by atoms with Crippen LogP contribution < -0.4 is 4.74 Å². The zero-order valence-electron chi connectivity index (χ0n) is 12.3. The van der Waals surface area contributed by atoms with Gasteiger partial charge in [0.15, 0.2) is 0 Å². The van der Waals surface area contributed by atoms with E-state index in [9.17, 15) is 0 Å². The van der Waals surface area contributed by atoms with Gasteiger partial charge in [-0.2, -0.15) is 0 Å². The second-order valence-corrected chi connectivity index (χ2v) is 5.34. The monoisotopic (exact) mass is 316 g/mol. The van der Waals surface area contributed by atoms with Gasteiger partial charge in [-0.25, -0.2) is 4.98 Å². The van der Waals surface area contributed by atoms with Crippen LogP contribution in [-0.4, -0.2) is 23.3 Å². The maximum absolute atomic E-state index is 6.05. The molecule has 0 amide bonds. The minimum absolute atomic E-state index is 0.403. The Morgan fingerprint density at radius 2 is 1.95 bits per heavy atom. The normalized spacial score (nSPS) is 11.0. The summed E-state index contributed by atoms with van der Waals surface area (Å²) < 4.78 is 13.1. The molecule has 5 heteroatoms. The van der Waals surface area contributed by atoms with E-state index in [2.05, 4.69) is 9.55 Å². The van der Waals surface area contributed by atoms with Crippen molar-refractivity contribution in [3.05, 3.63) is 59.4 Å². The van der Waals surface area contributed by atoms with Crippen LogP contribution in [0.2, 0.25) is 5.02 Å². The molecule has 4 nitrogen and oxygen atoms in total. The second-order valence-electron chi connectivity index (χ2n) is 4.91. The lowest BCUT2D eigenvalue weighted by Crippen LogP contribution is -2.10. The number of para-hydroxylation sites is 1. The molecule has 1 aromatic heterocycles. The van der Waals surface area contributed by atoms with Crippen molar-refractivity contribution < 1.29 is 9.47 Å². The Morgan fingerprint density at radius 1 is 1.14 bits per heavy atom. The fraction of sp³-hybridized carbons (Fsp3) is 0.235. The Labute approximate surface area is 134 Å². The highest BCUT2D eigenvalue weighted by Crippen LogP contribution is 2.21. The van der Waals surface area contributed by atoms with Crippen LogP contribution in [0.1, 0.15) is 5.82 Å². The Kier molecular flexibility index (Phi) is 4.61. The Morgan fingerprint density at radius 3 is 2.73 bits per heavy atom. The summed E-state index contributed by atoms with van der Waals surface area (Å²) in [5, 5.41) is 0.680. The van der Waals surface area contributed by atoms with Crippen LogP contribution in [0.4, 0.5) is 0 Å². The number of nitrogens with zero attached hydrogens (tertiary/aromatic N) is 2. The maximum atomic E-state index is 6.05. The van der Waals surface area contributed by atoms with Gasteiger partial charge in [0.05, 0.1) is 17.6 Å². The van der Waals surface area contributed by atoms with Crippen molar-refractivity contribution in [2.24, 2.45) is 0 Å². The average Bonchev–Trinajstić information content (AvgIpc) is 2.88. The van der Waals surface area contributed by atoms with Crippen LogP contribution in [-0.2, 0) is 17.9 Å². The molecule has 3 aromatic rings. The molecule has 2 aromatic carbocycles. The second kappa shape index (κ2) is 6.81. The van der Waals surface area contributed by atoms with E-state index in [0.717, 1.165) is 29.2 Å². The molecule has 0 aliphatic rings. The molecule has 0 radical (unpaired) electrons. The molecule has 0 saturated carbocycles. The number of fused-ring (bicyclic) bond motifs is 1. The van der Waals surface area contributed by atoms with Gasteiger partial charge in [0.1, 0.15) is 18.2 Å². The van der Waals surface area contributed by atoms with Gasteiger partial charge in [0.25, 0.3) is 0 Å². The first kappa shape index (κ1) is 14.9. The molecular formula is C17H17ClN2O2. The van der Waals surface area contributed by atoms with Crippen molar-refractivity contribution in [1.82, 2.24) is 9.55 Å². The van der Waals surface area contributed by atoms with E-state index in [0.29, 0.717) is 18.2 Å². The van der Waals surface area contributed by atoms with Gasteiger partial charge in [0, 0.05) is 18.7 Å². The predicted octanol–water partition coefficient (Wildman–Crippen LogP) is 3.92. The number of aromatic nitrogens is 2. The third kappa shape index (κ3) is 3.24. The van der Waals surface area contributed by atoms with Gasteiger partial charge in [0.2, 0.25) is 0 Å². The predicted molar refractivity (Wildman–Crippen MR) is 87.4 cm³/mol. The molecule has 0 spiro atoms. The number of hydrogen-bond donors (Lipinski definition) is 0. The van der Waals surface area contributed by atoms with E-state index in [1.165, 1.54) is 0 Å². The summed E-state index contributed by atoms with van der Waals surface area (Å²) in [5.41, 5.74) is 1.91. The standard InChI is InChI=1S/C17H17ClN2O2/c1-21-10-9-20-16-8-7-13(18)11-15(16)19-17(20)12-22-14-5-3-2-4-6-14/h2-8,11H,9-10,12H2,1H3. The van der Waals surface area contributed by atoms with Crippen molar-refractivity contribution in [2.45, 2.75) is 13.2 Å². The summed E-state index contributed by atoms with van der Waals surface area (Å²) in [6.45, 7) is 1.74. The summed E-state index contributed by atoms with van der Waals surface area (Å²) in [4.78, 5) is 4.64. The summed E-state index contributed by atoms with van der Waals surface area (Å²) >= 11 is 6.05. The molecule has 1 heterocycles. The first-order valence-corrected chi connectivity index (χ1v) is 7.47. The van der Waals surface area contributed by atoms with Crippen LogP contribution in [0.15, 0.2) is 48.5 Å². The van der Waals surface area contributed by atoms with Crippen LogP contribution in [0.5, 0.6) is 5.75 Å². The largest absolute Gasteiger partial charge is 0.486 e. The Balaban J connectivity index is 1.89. The van der Waals surface area contributed by atoms with Crippen LogP contribution in [0.3, 0.4) is 0 Å². The Bertz CT molecular complexity index is 756. The minimum atomic E-state index is 0.403. The fourth-order valence-corrected chi connectivity index (χ4v) is 2.53. The van der Waals surface area contributed by atoms with E-state index in [1.54, 1.807) is 7.11 Å². The van der Waals surface area contributed by atoms with Gasteiger partial charge >= 0.3 is 0 Å².